The summed E-state index contributed by atoms with van der Waals surface area (Å²) in [5, 5.41) is 5.14. The van der Waals surface area contributed by atoms with Gasteiger partial charge in [-0.2, -0.15) is 0 Å². The summed E-state index contributed by atoms with van der Waals surface area (Å²) in [4.78, 5) is 26.1. The van der Waals surface area contributed by atoms with Crippen molar-refractivity contribution < 1.29 is 14.3 Å². The molecule has 0 saturated carbocycles. The Kier molecular flexibility index (Phi) is 6.85. The summed E-state index contributed by atoms with van der Waals surface area (Å²) < 4.78 is 11.4. The zero-order valence-corrected chi connectivity index (χ0v) is 18.8. The Morgan fingerprint density at radius 2 is 2.03 bits per heavy atom. The molecule has 0 unspecified atom stereocenters. The minimum atomic E-state index is -0.559. The zero-order valence-electron chi connectivity index (χ0n) is 18.8. The summed E-state index contributed by atoms with van der Waals surface area (Å²) in [7, 11) is 4.08. The van der Waals surface area contributed by atoms with Crippen LogP contribution >= 0.6 is 0 Å². The van der Waals surface area contributed by atoms with E-state index in [0.29, 0.717) is 34.8 Å². The first-order valence-corrected chi connectivity index (χ1v) is 10.8. The summed E-state index contributed by atoms with van der Waals surface area (Å²) in [6.07, 6.45) is 6.40. The number of nitrogens with one attached hydrogen (secondary N) is 2. The van der Waals surface area contributed by atoms with Crippen molar-refractivity contribution in [2.24, 2.45) is 0 Å². The highest BCUT2D eigenvalue weighted by atomic mass is 16.6. The summed E-state index contributed by atoms with van der Waals surface area (Å²) in [5.41, 5.74) is 2.61. The molecule has 8 nitrogen and oxygen atoms in total. The molecule has 8 heteroatoms. The lowest BCUT2D eigenvalue weighted by atomic mass is 10.2. The SMILES string of the molecule is C=CC(=O)Oc1cc2c(Nc3ccc4[nH]ccc4c3)ncnc2cc1OCCCCN(C)C. The van der Waals surface area contributed by atoms with Gasteiger partial charge < -0.3 is 24.7 Å². The second-order valence-corrected chi connectivity index (χ2v) is 7.93. The maximum absolute atomic E-state index is 11.9. The van der Waals surface area contributed by atoms with Gasteiger partial charge in [0.15, 0.2) is 11.5 Å². The molecule has 0 bridgehead atoms. The van der Waals surface area contributed by atoms with E-state index in [1.165, 1.54) is 6.33 Å². The van der Waals surface area contributed by atoms with E-state index in [4.69, 9.17) is 9.47 Å². The molecule has 0 amide bonds. The van der Waals surface area contributed by atoms with Gasteiger partial charge in [0.05, 0.1) is 12.1 Å². The highest BCUT2D eigenvalue weighted by Crippen LogP contribution is 2.35. The molecule has 0 radical (unpaired) electrons. The highest BCUT2D eigenvalue weighted by molar-refractivity contribution is 5.95. The van der Waals surface area contributed by atoms with Crippen molar-refractivity contribution in [2.45, 2.75) is 12.8 Å². The molecule has 2 N–H and O–H groups in total. The Morgan fingerprint density at radius 1 is 1.15 bits per heavy atom. The van der Waals surface area contributed by atoms with Crippen LogP contribution < -0.4 is 14.8 Å². The molecule has 4 aromatic rings. The number of hydrogen-bond acceptors (Lipinski definition) is 7. The minimum absolute atomic E-state index is 0.305. The molecule has 2 aromatic carbocycles. The van der Waals surface area contributed by atoms with Crippen LogP contribution in [0.3, 0.4) is 0 Å². The number of unbranched alkanes of at least 4 members (excludes halogenated alkanes) is 1. The van der Waals surface area contributed by atoms with E-state index in [1.54, 1.807) is 12.1 Å². The van der Waals surface area contributed by atoms with E-state index in [0.717, 1.165) is 42.1 Å². The number of carbonyl (C=O) groups excluding carboxylic acids is 1. The van der Waals surface area contributed by atoms with Gasteiger partial charge in [-0.3, -0.25) is 0 Å². The predicted octanol–water partition coefficient (Wildman–Crippen LogP) is 4.67. The number of H-pyrrole nitrogens is 1. The van der Waals surface area contributed by atoms with E-state index >= 15 is 0 Å². The van der Waals surface area contributed by atoms with Crippen molar-refractivity contribution in [3.05, 3.63) is 61.6 Å². The number of benzene rings is 2. The zero-order chi connectivity index (χ0) is 23.2. The number of carbonyl (C=O) groups is 1. The first-order valence-electron chi connectivity index (χ1n) is 10.8. The van der Waals surface area contributed by atoms with Crippen LogP contribution in [-0.4, -0.2) is 53.1 Å². The molecule has 2 aromatic heterocycles. The topological polar surface area (TPSA) is 92.4 Å². The van der Waals surface area contributed by atoms with Gasteiger partial charge in [-0.05, 0) is 63.8 Å². The lowest BCUT2D eigenvalue weighted by Crippen LogP contribution is -2.14. The van der Waals surface area contributed by atoms with Gasteiger partial charge in [-0.1, -0.05) is 6.58 Å². The number of fused-ring (bicyclic) bond motifs is 2. The lowest BCUT2D eigenvalue weighted by molar-refractivity contribution is -0.129. The van der Waals surface area contributed by atoms with Crippen LogP contribution in [0.4, 0.5) is 11.5 Å². The fraction of sp³-hybridized carbons (Fsp3) is 0.240. The fourth-order valence-electron chi connectivity index (χ4n) is 3.49. The molecule has 0 aliphatic rings. The molecule has 33 heavy (non-hydrogen) atoms. The van der Waals surface area contributed by atoms with Crippen LogP contribution in [0, 0.1) is 0 Å². The summed E-state index contributed by atoms with van der Waals surface area (Å²) in [6, 6.07) is 11.5. The molecule has 0 aliphatic carbocycles. The van der Waals surface area contributed by atoms with Crippen LogP contribution in [0.2, 0.25) is 0 Å². The molecular weight excluding hydrogens is 418 g/mol. The predicted molar refractivity (Wildman–Crippen MR) is 130 cm³/mol. The number of aromatic nitrogens is 3. The molecular formula is C25H27N5O3. The fourth-order valence-corrected chi connectivity index (χ4v) is 3.49. The highest BCUT2D eigenvalue weighted by Gasteiger charge is 2.15. The molecule has 0 aliphatic heterocycles. The first kappa shape index (κ1) is 22.3. The molecule has 2 heterocycles. The van der Waals surface area contributed by atoms with Crippen LogP contribution in [-0.2, 0) is 4.79 Å². The molecule has 170 valence electrons. The van der Waals surface area contributed by atoms with Crippen LogP contribution in [0.1, 0.15) is 12.8 Å². The standard InChI is InChI=1S/C25H27N5O3/c1-4-24(31)33-23-14-19-21(15-22(23)32-12-6-5-11-30(2)3)27-16-28-25(19)29-18-7-8-20-17(13-18)9-10-26-20/h4,7-10,13-16,26H,1,5-6,11-12H2,2-3H3,(H,27,28,29). The molecule has 0 atom stereocenters. The minimum Gasteiger partial charge on any atom is -0.490 e. The maximum atomic E-state index is 11.9. The Hall–Kier alpha value is -3.91. The van der Waals surface area contributed by atoms with E-state index in [2.05, 4.69) is 31.7 Å². The third-order valence-corrected chi connectivity index (χ3v) is 5.15. The normalized spacial score (nSPS) is 11.1. The van der Waals surface area contributed by atoms with Crippen molar-refractivity contribution >= 4 is 39.3 Å². The number of nitrogens with zero attached hydrogens (tertiary/aromatic N) is 3. The average molecular weight is 446 g/mol. The van der Waals surface area contributed by atoms with Gasteiger partial charge in [0.1, 0.15) is 12.1 Å². The Labute approximate surface area is 192 Å². The largest absolute Gasteiger partial charge is 0.490 e. The smallest absolute Gasteiger partial charge is 0.335 e. The number of hydrogen-bond donors (Lipinski definition) is 2. The van der Waals surface area contributed by atoms with Crippen LogP contribution in [0.15, 0.2) is 61.6 Å². The van der Waals surface area contributed by atoms with Gasteiger partial charge in [-0.25, -0.2) is 14.8 Å². The summed E-state index contributed by atoms with van der Waals surface area (Å²) in [6.45, 7) is 4.97. The van der Waals surface area contributed by atoms with Crippen molar-refractivity contribution in [2.75, 3.05) is 32.6 Å². The van der Waals surface area contributed by atoms with E-state index < -0.39 is 5.97 Å². The van der Waals surface area contributed by atoms with Crippen molar-refractivity contribution in [1.29, 1.82) is 0 Å². The van der Waals surface area contributed by atoms with E-state index in [9.17, 15) is 4.79 Å². The number of rotatable bonds is 10. The third kappa shape index (κ3) is 5.48. The van der Waals surface area contributed by atoms with Crippen molar-refractivity contribution in [3.63, 3.8) is 0 Å². The van der Waals surface area contributed by atoms with Gasteiger partial charge >= 0.3 is 5.97 Å². The Balaban J connectivity index is 1.62. The molecule has 4 rings (SSSR count). The van der Waals surface area contributed by atoms with Gasteiger partial charge in [0.25, 0.3) is 0 Å². The maximum Gasteiger partial charge on any atom is 0.335 e. The van der Waals surface area contributed by atoms with Crippen molar-refractivity contribution in [1.82, 2.24) is 19.9 Å². The summed E-state index contributed by atoms with van der Waals surface area (Å²) >= 11 is 0. The van der Waals surface area contributed by atoms with Crippen molar-refractivity contribution in [3.8, 4) is 11.5 Å². The first-order chi connectivity index (χ1) is 16.0. The second-order valence-electron chi connectivity index (χ2n) is 7.93. The average Bonchev–Trinajstić information content (AvgIpc) is 3.27. The van der Waals surface area contributed by atoms with E-state index in [1.807, 2.05) is 44.6 Å². The van der Waals surface area contributed by atoms with Gasteiger partial charge in [-0.15, -0.1) is 0 Å². The monoisotopic (exact) mass is 445 g/mol. The number of esters is 1. The number of ether oxygens (including phenoxy) is 2. The van der Waals surface area contributed by atoms with Crippen LogP contribution in [0.25, 0.3) is 21.8 Å². The quantitative estimate of drug-likeness (QED) is 0.159. The van der Waals surface area contributed by atoms with Gasteiger partial charge in [0, 0.05) is 40.3 Å². The second kappa shape index (κ2) is 10.1. The van der Waals surface area contributed by atoms with Crippen LogP contribution in [0.5, 0.6) is 11.5 Å². The molecule has 0 saturated heterocycles. The number of anilines is 2. The van der Waals surface area contributed by atoms with Gasteiger partial charge in [0.2, 0.25) is 0 Å². The Bertz CT molecular complexity index is 1280. The van der Waals surface area contributed by atoms with E-state index in [-0.39, 0.29) is 0 Å². The lowest BCUT2D eigenvalue weighted by Gasteiger charge is -2.15. The molecule has 0 fully saturated rings. The summed E-state index contributed by atoms with van der Waals surface area (Å²) in [5.74, 6) is 0.805. The molecule has 0 spiro atoms. The Morgan fingerprint density at radius 3 is 2.85 bits per heavy atom. The third-order valence-electron chi connectivity index (χ3n) is 5.15. The number of aromatic amines is 1.